The standard InChI is InChI=1S/C24H24ClF3N4O3.C4H10O/c1-14(16-7-9-17(25)10-8-16)31-32(15(2)33)13-21(34)30-22(23(35)29-18-11-12-18)19-5-3-4-6-20(19)24(26,27)28;1-3-4-5-2/h3-10,18,22H,11-13H2,1-2H3,(H,29,35)(H,30,34);3-4H2,1-2H3/b31-14+;. The first-order valence-corrected chi connectivity index (χ1v) is 13.1. The lowest BCUT2D eigenvalue weighted by Crippen LogP contribution is -2.45. The Hall–Kier alpha value is -3.44. The molecule has 1 aliphatic rings. The van der Waals surface area contributed by atoms with Gasteiger partial charge in [0.1, 0.15) is 12.6 Å². The highest BCUT2D eigenvalue weighted by Crippen LogP contribution is 2.35. The van der Waals surface area contributed by atoms with Gasteiger partial charge in [0.2, 0.25) is 17.7 Å². The molecule has 1 saturated carbocycles. The molecule has 1 atom stereocenters. The third kappa shape index (κ3) is 10.6. The minimum atomic E-state index is -4.73. The highest BCUT2D eigenvalue weighted by Gasteiger charge is 2.38. The van der Waals surface area contributed by atoms with Crippen LogP contribution in [0.1, 0.15) is 62.8 Å². The van der Waals surface area contributed by atoms with Crippen molar-refractivity contribution in [3.05, 3.63) is 70.2 Å². The fraction of sp³-hybridized carbons (Fsp3) is 0.429. The molecule has 0 spiro atoms. The number of hydrogen-bond donors (Lipinski definition) is 2. The number of amides is 3. The third-order valence-corrected chi connectivity index (χ3v) is 5.92. The summed E-state index contributed by atoms with van der Waals surface area (Å²) in [6.07, 6.45) is -2.18. The van der Waals surface area contributed by atoms with Crippen LogP contribution in [0.3, 0.4) is 0 Å². The fourth-order valence-electron chi connectivity index (χ4n) is 3.50. The van der Waals surface area contributed by atoms with Crippen LogP contribution in [0.5, 0.6) is 0 Å². The summed E-state index contributed by atoms with van der Waals surface area (Å²) in [5.74, 6) is -2.17. The van der Waals surface area contributed by atoms with Crippen LogP contribution in [-0.2, 0) is 25.3 Å². The van der Waals surface area contributed by atoms with Crippen LogP contribution >= 0.6 is 11.6 Å². The van der Waals surface area contributed by atoms with Crippen molar-refractivity contribution >= 4 is 35.0 Å². The number of hydrazone groups is 1. The Morgan fingerprint density at radius 1 is 1.10 bits per heavy atom. The number of nitrogens with one attached hydrogen (secondary N) is 2. The minimum absolute atomic E-state index is 0.139. The number of alkyl halides is 3. The second kappa shape index (κ2) is 15.4. The molecule has 12 heteroatoms. The first-order valence-electron chi connectivity index (χ1n) is 12.7. The first kappa shape index (κ1) is 32.8. The van der Waals surface area contributed by atoms with E-state index < -0.39 is 42.0 Å². The Balaban J connectivity index is 0.00000103. The normalized spacial score (nSPS) is 13.9. The number of carbonyl (C=O) groups excluding carboxylic acids is 3. The molecule has 1 aliphatic carbocycles. The van der Waals surface area contributed by atoms with E-state index in [-0.39, 0.29) is 11.6 Å². The predicted octanol–water partition coefficient (Wildman–Crippen LogP) is 5.11. The van der Waals surface area contributed by atoms with Gasteiger partial charge in [-0.25, -0.2) is 5.01 Å². The van der Waals surface area contributed by atoms with E-state index in [0.29, 0.717) is 29.1 Å². The maximum atomic E-state index is 13.6. The van der Waals surface area contributed by atoms with Crippen LogP contribution in [0.15, 0.2) is 53.6 Å². The summed E-state index contributed by atoms with van der Waals surface area (Å²) in [7, 11) is 1.71. The number of ether oxygens (including phenoxy) is 1. The summed E-state index contributed by atoms with van der Waals surface area (Å²) >= 11 is 5.88. The van der Waals surface area contributed by atoms with E-state index in [9.17, 15) is 27.6 Å². The zero-order valence-electron chi connectivity index (χ0n) is 22.8. The molecule has 3 amide bonds. The van der Waals surface area contributed by atoms with Gasteiger partial charge < -0.3 is 15.4 Å². The Labute approximate surface area is 236 Å². The van der Waals surface area contributed by atoms with Crippen molar-refractivity contribution < 1.29 is 32.3 Å². The van der Waals surface area contributed by atoms with Crippen molar-refractivity contribution in [1.29, 1.82) is 0 Å². The predicted molar refractivity (Wildman–Crippen MR) is 147 cm³/mol. The second-order valence-corrected chi connectivity index (χ2v) is 9.57. The van der Waals surface area contributed by atoms with Crippen molar-refractivity contribution in [3.63, 3.8) is 0 Å². The lowest BCUT2D eigenvalue weighted by atomic mass is 9.99. The highest BCUT2D eigenvalue weighted by molar-refractivity contribution is 6.30. The molecule has 1 unspecified atom stereocenters. The van der Waals surface area contributed by atoms with Gasteiger partial charge in [-0.2, -0.15) is 18.3 Å². The lowest BCUT2D eigenvalue weighted by Gasteiger charge is -2.24. The van der Waals surface area contributed by atoms with E-state index in [2.05, 4.69) is 22.7 Å². The molecule has 0 radical (unpaired) electrons. The maximum Gasteiger partial charge on any atom is 0.416 e. The summed E-state index contributed by atoms with van der Waals surface area (Å²) in [6.45, 7) is 5.20. The van der Waals surface area contributed by atoms with E-state index in [1.165, 1.54) is 19.1 Å². The molecule has 0 saturated heterocycles. The number of hydrogen-bond acceptors (Lipinski definition) is 5. The summed E-state index contributed by atoms with van der Waals surface area (Å²) in [5.41, 5.74) is -0.352. The Kier molecular flexibility index (Phi) is 12.6. The Morgan fingerprint density at radius 2 is 1.73 bits per heavy atom. The SMILES string of the molecule is CC(=O)N(CC(=O)NC(C(=O)NC1CC1)c1ccccc1C(F)(F)F)/N=C(\C)c1ccc(Cl)cc1.CCCOC. The monoisotopic (exact) mass is 582 g/mol. The molecule has 1 fully saturated rings. The smallest absolute Gasteiger partial charge is 0.385 e. The summed E-state index contributed by atoms with van der Waals surface area (Å²) < 4.78 is 45.5. The van der Waals surface area contributed by atoms with Gasteiger partial charge in [0.05, 0.1) is 11.3 Å². The number of rotatable bonds is 10. The highest BCUT2D eigenvalue weighted by atomic mass is 35.5. The molecular formula is C28H34ClF3N4O4. The van der Waals surface area contributed by atoms with Gasteiger partial charge >= 0.3 is 6.18 Å². The van der Waals surface area contributed by atoms with Crippen LogP contribution in [0.4, 0.5) is 13.2 Å². The number of methoxy groups -OCH3 is 1. The van der Waals surface area contributed by atoms with Gasteiger partial charge in [-0.15, -0.1) is 0 Å². The van der Waals surface area contributed by atoms with E-state index in [1.54, 1.807) is 38.3 Å². The molecule has 0 bridgehead atoms. The van der Waals surface area contributed by atoms with E-state index in [1.807, 2.05) is 0 Å². The van der Waals surface area contributed by atoms with Crippen LogP contribution in [-0.4, -0.2) is 54.7 Å². The second-order valence-electron chi connectivity index (χ2n) is 9.13. The minimum Gasteiger partial charge on any atom is -0.385 e. The summed E-state index contributed by atoms with van der Waals surface area (Å²) in [5, 5.41) is 10.5. The maximum absolute atomic E-state index is 13.6. The van der Waals surface area contributed by atoms with Gasteiger partial charge in [-0.1, -0.05) is 48.9 Å². The number of carbonyl (C=O) groups is 3. The van der Waals surface area contributed by atoms with Crippen LogP contribution < -0.4 is 10.6 Å². The van der Waals surface area contributed by atoms with Gasteiger partial charge in [0.25, 0.3) is 0 Å². The van der Waals surface area contributed by atoms with Crippen molar-refractivity contribution in [2.75, 3.05) is 20.3 Å². The zero-order valence-corrected chi connectivity index (χ0v) is 23.6. The topological polar surface area (TPSA) is 100 Å². The average Bonchev–Trinajstić information content (AvgIpc) is 3.71. The van der Waals surface area contributed by atoms with Crippen molar-refractivity contribution in [2.24, 2.45) is 5.10 Å². The molecule has 0 aliphatic heterocycles. The molecule has 218 valence electrons. The van der Waals surface area contributed by atoms with E-state index in [0.717, 1.165) is 30.2 Å². The van der Waals surface area contributed by atoms with Crippen molar-refractivity contribution in [1.82, 2.24) is 15.6 Å². The van der Waals surface area contributed by atoms with Gasteiger partial charge in [-0.3, -0.25) is 14.4 Å². The quantitative estimate of drug-likeness (QED) is 0.300. The van der Waals surface area contributed by atoms with Gasteiger partial charge in [0, 0.05) is 31.7 Å². The van der Waals surface area contributed by atoms with Crippen LogP contribution in [0.25, 0.3) is 0 Å². The molecule has 0 aromatic heterocycles. The summed E-state index contributed by atoms with van der Waals surface area (Å²) in [4.78, 5) is 37.7. The Morgan fingerprint density at radius 3 is 2.23 bits per heavy atom. The van der Waals surface area contributed by atoms with E-state index in [4.69, 9.17) is 16.3 Å². The summed E-state index contributed by atoms with van der Waals surface area (Å²) in [6, 6.07) is 9.47. The van der Waals surface area contributed by atoms with Gasteiger partial charge in [-0.05, 0) is 55.5 Å². The van der Waals surface area contributed by atoms with E-state index >= 15 is 0 Å². The molecule has 8 nitrogen and oxygen atoms in total. The largest absolute Gasteiger partial charge is 0.416 e. The molecule has 3 rings (SSSR count). The molecule has 2 N–H and O–H groups in total. The number of halogens is 4. The Bertz CT molecular complexity index is 1180. The molecule has 2 aromatic rings. The van der Waals surface area contributed by atoms with Gasteiger partial charge in [0.15, 0.2) is 0 Å². The average molecular weight is 583 g/mol. The third-order valence-electron chi connectivity index (χ3n) is 5.67. The number of benzene rings is 2. The van der Waals surface area contributed by atoms with Crippen molar-refractivity contribution in [3.8, 4) is 0 Å². The number of nitrogens with zero attached hydrogens (tertiary/aromatic N) is 2. The molecule has 40 heavy (non-hydrogen) atoms. The van der Waals surface area contributed by atoms with Crippen LogP contribution in [0.2, 0.25) is 5.02 Å². The zero-order chi connectivity index (χ0) is 29.9. The molecular weight excluding hydrogens is 549 g/mol. The fourth-order valence-corrected chi connectivity index (χ4v) is 3.62. The van der Waals surface area contributed by atoms with Crippen molar-refractivity contribution in [2.45, 2.75) is 58.3 Å². The molecule has 2 aromatic carbocycles. The van der Waals surface area contributed by atoms with Crippen LogP contribution in [0, 0.1) is 0 Å². The lowest BCUT2D eigenvalue weighted by molar-refractivity contribution is -0.139. The molecule has 0 heterocycles. The first-order chi connectivity index (χ1) is 18.9.